The highest BCUT2D eigenvalue weighted by atomic mass is 19.1. The molecule has 0 atom stereocenters. The average molecular weight is 197 g/mol. The zero-order valence-electron chi connectivity index (χ0n) is 8.55. The number of hydrogen-bond acceptors (Lipinski definition) is 3. The highest BCUT2D eigenvalue weighted by Crippen LogP contribution is 2.15. The molecule has 4 heteroatoms. The number of nitrogens with two attached hydrogens (primary N) is 1. The van der Waals surface area contributed by atoms with Crippen LogP contribution in [0, 0.1) is 5.82 Å². The normalized spacial score (nSPS) is 10.6. The van der Waals surface area contributed by atoms with Gasteiger partial charge in [-0.15, -0.1) is 0 Å². The predicted molar refractivity (Wildman–Crippen MR) is 57.9 cm³/mol. The molecule has 0 saturated heterocycles. The van der Waals surface area contributed by atoms with Gasteiger partial charge in [0.1, 0.15) is 5.82 Å². The van der Waals surface area contributed by atoms with Gasteiger partial charge in [0.25, 0.3) is 0 Å². The standard InChI is InChI=1S/C10H16FN3/c1-14(2)6-5-13-8-3-4-10(12)9(11)7-8/h3-4,7,13H,5-6,12H2,1-2H3. The van der Waals surface area contributed by atoms with Crippen molar-refractivity contribution in [3.8, 4) is 0 Å². The second-order valence-electron chi connectivity index (χ2n) is 3.47. The van der Waals surface area contributed by atoms with Crippen molar-refractivity contribution in [3.63, 3.8) is 0 Å². The quantitative estimate of drug-likeness (QED) is 0.716. The van der Waals surface area contributed by atoms with Crippen molar-refractivity contribution in [3.05, 3.63) is 24.0 Å². The van der Waals surface area contributed by atoms with Gasteiger partial charge in [0.2, 0.25) is 0 Å². The maximum absolute atomic E-state index is 13.0. The highest BCUT2D eigenvalue weighted by Gasteiger charge is 1.99. The second-order valence-corrected chi connectivity index (χ2v) is 3.47. The van der Waals surface area contributed by atoms with Crippen molar-refractivity contribution in [1.82, 2.24) is 4.90 Å². The third-order valence-electron chi connectivity index (χ3n) is 1.89. The summed E-state index contributed by atoms with van der Waals surface area (Å²) >= 11 is 0. The second kappa shape index (κ2) is 4.81. The summed E-state index contributed by atoms with van der Waals surface area (Å²) in [6, 6.07) is 4.74. The maximum Gasteiger partial charge on any atom is 0.148 e. The number of nitrogen functional groups attached to an aromatic ring is 1. The van der Waals surface area contributed by atoms with Gasteiger partial charge in [-0.05, 0) is 32.3 Å². The minimum atomic E-state index is -0.375. The van der Waals surface area contributed by atoms with Gasteiger partial charge in [-0.3, -0.25) is 0 Å². The summed E-state index contributed by atoms with van der Waals surface area (Å²) < 4.78 is 13.0. The first kappa shape index (κ1) is 10.8. The fourth-order valence-electron chi connectivity index (χ4n) is 1.06. The molecule has 3 N–H and O–H groups in total. The molecular weight excluding hydrogens is 181 g/mol. The van der Waals surface area contributed by atoms with Gasteiger partial charge in [-0.1, -0.05) is 0 Å². The van der Waals surface area contributed by atoms with Crippen LogP contribution in [0.25, 0.3) is 0 Å². The first-order valence-corrected chi connectivity index (χ1v) is 4.53. The highest BCUT2D eigenvalue weighted by molar-refractivity contribution is 5.52. The summed E-state index contributed by atoms with van der Waals surface area (Å²) in [5, 5.41) is 3.11. The van der Waals surface area contributed by atoms with Gasteiger partial charge in [-0.2, -0.15) is 0 Å². The van der Waals surface area contributed by atoms with Crippen molar-refractivity contribution in [1.29, 1.82) is 0 Å². The Hall–Kier alpha value is -1.29. The molecule has 0 aliphatic rings. The molecule has 0 fully saturated rings. The van der Waals surface area contributed by atoms with Gasteiger partial charge < -0.3 is 16.0 Å². The molecule has 0 amide bonds. The van der Waals surface area contributed by atoms with Gasteiger partial charge in [-0.25, -0.2) is 4.39 Å². The van der Waals surface area contributed by atoms with Crippen LogP contribution in [0.1, 0.15) is 0 Å². The van der Waals surface area contributed by atoms with Crippen molar-refractivity contribution in [2.75, 3.05) is 38.2 Å². The number of nitrogens with zero attached hydrogens (tertiary/aromatic N) is 1. The van der Waals surface area contributed by atoms with E-state index in [4.69, 9.17) is 5.73 Å². The minimum absolute atomic E-state index is 0.183. The molecular formula is C10H16FN3. The summed E-state index contributed by atoms with van der Waals surface area (Å²) in [6.07, 6.45) is 0. The van der Waals surface area contributed by atoms with E-state index in [0.717, 1.165) is 18.8 Å². The largest absolute Gasteiger partial charge is 0.396 e. The van der Waals surface area contributed by atoms with E-state index in [1.165, 1.54) is 6.07 Å². The van der Waals surface area contributed by atoms with Crippen LogP contribution in [0.3, 0.4) is 0 Å². The SMILES string of the molecule is CN(C)CCNc1ccc(N)c(F)c1. The minimum Gasteiger partial charge on any atom is -0.396 e. The molecule has 0 aliphatic carbocycles. The molecule has 3 nitrogen and oxygen atoms in total. The van der Waals surface area contributed by atoms with E-state index in [1.807, 2.05) is 14.1 Å². The van der Waals surface area contributed by atoms with E-state index in [9.17, 15) is 4.39 Å². The van der Waals surface area contributed by atoms with E-state index in [2.05, 4.69) is 10.2 Å². The smallest absolute Gasteiger partial charge is 0.148 e. The summed E-state index contributed by atoms with van der Waals surface area (Å²) in [5.74, 6) is -0.375. The summed E-state index contributed by atoms with van der Waals surface area (Å²) in [5.41, 5.74) is 6.30. The molecule has 0 aliphatic heterocycles. The Morgan fingerprint density at radius 3 is 2.71 bits per heavy atom. The Morgan fingerprint density at radius 2 is 2.14 bits per heavy atom. The summed E-state index contributed by atoms with van der Waals surface area (Å²) in [7, 11) is 3.98. The topological polar surface area (TPSA) is 41.3 Å². The lowest BCUT2D eigenvalue weighted by molar-refractivity contribution is 0.425. The molecule has 0 saturated carbocycles. The molecule has 78 valence electrons. The Morgan fingerprint density at radius 1 is 1.43 bits per heavy atom. The van der Waals surface area contributed by atoms with Crippen LogP contribution in [-0.4, -0.2) is 32.1 Å². The number of rotatable bonds is 4. The van der Waals surface area contributed by atoms with Crippen LogP contribution in [-0.2, 0) is 0 Å². The number of benzene rings is 1. The predicted octanol–water partition coefficient (Wildman–Crippen LogP) is 1.38. The van der Waals surface area contributed by atoms with Crippen LogP contribution < -0.4 is 11.1 Å². The summed E-state index contributed by atoms with van der Waals surface area (Å²) in [4.78, 5) is 2.06. The summed E-state index contributed by atoms with van der Waals surface area (Å²) in [6.45, 7) is 1.70. The zero-order valence-corrected chi connectivity index (χ0v) is 8.55. The van der Waals surface area contributed by atoms with Crippen molar-refractivity contribution in [2.45, 2.75) is 0 Å². The van der Waals surface area contributed by atoms with Crippen LogP contribution in [0.5, 0.6) is 0 Å². The van der Waals surface area contributed by atoms with E-state index >= 15 is 0 Å². The number of anilines is 2. The maximum atomic E-state index is 13.0. The van der Waals surface area contributed by atoms with Crippen LogP contribution in [0.2, 0.25) is 0 Å². The van der Waals surface area contributed by atoms with Crippen molar-refractivity contribution < 1.29 is 4.39 Å². The number of nitrogens with one attached hydrogen (secondary N) is 1. The Labute approximate surface area is 83.7 Å². The van der Waals surface area contributed by atoms with Gasteiger partial charge >= 0.3 is 0 Å². The molecule has 14 heavy (non-hydrogen) atoms. The van der Waals surface area contributed by atoms with Crippen LogP contribution >= 0.6 is 0 Å². The van der Waals surface area contributed by atoms with Gasteiger partial charge in [0.15, 0.2) is 0 Å². The first-order valence-electron chi connectivity index (χ1n) is 4.53. The molecule has 0 radical (unpaired) electrons. The lowest BCUT2D eigenvalue weighted by Crippen LogP contribution is -2.20. The van der Waals surface area contributed by atoms with Crippen molar-refractivity contribution >= 4 is 11.4 Å². The molecule has 0 heterocycles. The zero-order chi connectivity index (χ0) is 10.6. The monoisotopic (exact) mass is 197 g/mol. The number of halogens is 1. The van der Waals surface area contributed by atoms with Crippen molar-refractivity contribution in [2.24, 2.45) is 0 Å². The molecule has 1 aromatic carbocycles. The fraction of sp³-hybridized carbons (Fsp3) is 0.400. The van der Waals surface area contributed by atoms with Gasteiger partial charge in [0, 0.05) is 18.8 Å². The molecule has 0 bridgehead atoms. The average Bonchev–Trinajstić information content (AvgIpc) is 2.10. The molecule has 0 unspecified atom stereocenters. The number of likely N-dealkylation sites (N-methyl/N-ethyl adjacent to an activating group) is 1. The van der Waals surface area contributed by atoms with Gasteiger partial charge in [0.05, 0.1) is 5.69 Å². The Bertz CT molecular complexity index is 299. The Kier molecular flexibility index (Phi) is 3.71. The van der Waals surface area contributed by atoms with E-state index in [-0.39, 0.29) is 11.5 Å². The number of hydrogen-bond donors (Lipinski definition) is 2. The van der Waals surface area contributed by atoms with E-state index in [0.29, 0.717) is 0 Å². The third kappa shape index (κ3) is 3.22. The molecule has 1 rings (SSSR count). The third-order valence-corrected chi connectivity index (χ3v) is 1.89. The lowest BCUT2D eigenvalue weighted by Gasteiger charge is -2.11. The van der Waals surface area contributed by atoms with Crippen LogP contribution in [0.15, 0.2) is 18.2 Å². The first-order chi connectivity index (χ1) is 6.59. The Balaban J connectivity index is 2.47. The molecule has 0 aromatic heterocycles. The van der Waals surface area contributed by atoms with E-state index in [1.54, 1.807) is 12.1 Å². The van der Waals surface area contributed by atoms with Crippen LogP contribution in [0.4, 0.5) is 15.8 Å². The fourth-order valence-corrected chi connectivity index (χ4v) is 1.06. The molecule has 0 spiro atoms. The van der Waals surface area contributed by atoms with E-state index < -0.39 is 0 Å². The lowest BCUT2D eigenvalue weighted by atomic mass is 10.2. The molecule has 1 aromatic rings.